The van der Waals surface area contributed by atoms with Crippen molar-refractivity contribution < 1.29 is 0 Å². The summed E-state index contributed by atoms with van der Waals surface area (Å²) in [6.45, 7) is 8.50. The summed E-state index contributed by atoms with van der Waals surface area (Å²) in [6.07, 6.45) is 9.55. The molecular formula is C22H45N5. The van der Waals surface area contributed by atoms with E-state index >= 15 is 0 Å². The number of nitrogen functional groups attached to an aromatic ring is 1. The van der Waals surface area contributed by atoms with Crippen molar-refractivity contribution in [2.45, 2.75) is 71.8 Å². The second-order valence-corrected chi connectivity index (χ2v) is 7.05. The maximum Gasteiger partial charge on any atom is 0.0517 e. The molecule has 0 radical (unpaired) electrons. The topological polar surface area (TPSA) is 79.3 Å². The first-order valence-electron chi connectivity index (χ1n) is 10.8. The molecule has 5 heteroatoms. The minimum atomic E-state index is 0.680. The van der Waals surface area contributed by atoms with Crippen molar-refractivity contribution in [2.24, 2.45) is 11.7 Å². The summed E-state index contributed by atoms with van der Waals surface area (Å²) in [4.78, 5) is 0. The number of nitrogens with one attached hydrogen (secondary N) is 2. The van der Waals surface area contributed by atoms with Gasteiger partial charge in [0.25, 0.3) is 0 Å². The first-order chi connectivity index (χ1) is 13.1. The summed E-state index contributed by atoms with van der Waals surface area (Å²) < 4.78 is 0. The van der Waals surface area contributed by atoms with Crippen LogP contribution in [0.1, 0.15) is 65.7 Å². The molecule has 1 aromatic carbocycles. The molecule has 0 aliphatic heterocycles. The van der Waals surface area contributed by atoms with Crippen molar-refractivity contribution in [3.8, 4) is 0 Å². The average Bonchev–Trinajstić information content (AvgIpc) is 2.73. The highest BCUT2D eigenvalue weighted by molar-refractivity contribution is 5.51. The molecule has 158 valence electrons. The molecule has 1 aliphatic carbocycles. The molecule has 5 nitrogen and oxygen atoms in total. The van der Waals surface area contributed by atoms with Crippen LogP contribution in [0.5, 0.6) is 0 Å². The average molecular weight is 380 g/mol. The summed E-state index contributed by atoms with van der Waals surface area (Å²) in [5.41, 5.74) is 15.7. The third kappa shape index (κ3) is 11.9. The van der Waals surface area contributed by atoms with E-state index in [2.05, 4.69) is 35.5 Å². The van der Waals surface area contributed by atoms with Crippen molar-refractivity contribution in [1.29, 1.82) is 0 Å². The van der Waals surface area contributed by atoms with Gasteiger partial charge in [-0.25, -0.2) is 5.43 Å². The van der Waals surface area contributed by atoms with Gasteiger partial charge < -0.3 is 21.8 Å². The number of anilines is 2. The Kier molecular flexibility index (Phi) is 16.0. The first kappa shape index (κ1) is 25.7. The van der Waals surface area contributed by atoms with Crippen LogP contribution in [0, 0.1) is 5.92 Å². The quantitative estimate of drug-likeness (QED) is 0.294. The van der Waals surface area contributed by atoms with E-state index in [-0.39, 0.29) is 0 Å². The maximum atomic E-state index is 5.73. The molecule has 1 fully saturated rings. The van der Waals surface area contributed by atoms with E-state index in [0.29, 0.717) is 5.92 Å². The highest BCUT2D eigenvalue weighted by Gasteiger charge is 2.12. The van der Waals surface area contributed by atoms with Gasteiger partial charge in [0.1, 0.15) is 0 Å². The monoisotopic (exact) mass is 379 g/mol. The Hall–Kier alpha value is -1.30. The third-order valence-electron chi connectivity index (χ3n) is 4.87. The molecule has 1 saturated carbocycles. The largest absolute Gasteiger partial charge is 0.399 e. The third-order valence-corrected chi connectivity index (χ3v) is 4.87. The van der Waals surface area contributed by atoms with Gasteiger partial charge in [-0.05, 0) is 69.5 Å². The highest BCUT2D eigenvalue weighted by atomic mass is 15.5. The number of hydrogen-bond acceptors (Lipinski definition) is 5. The normalized spacial score (nSPS) is 15.0. The smallest absolute Gasteiger partial charge is 0.0517 e. The molecule has 2 rings (SSSR count). The number of hydrogen-bond donors (Lipinski definition) is 4. The van der Waals surface area contributed by atoms with Crippen LogP contribution >= 0.6 is 0 Å². The Morgan fingerprint density at radius 2 is 1.67 bits per heavy atom. The van der Waals surface area contributed by atoms with Crippen molar-refractivity contribution in [3.63, 3.8) is 0 Å². The molecule has 0 spiro atoms. The molecule has 1 aliphatic rings. The summed E-state index contributed by atoms with van der Waals surface area (Å²) in [5.74, 6) is 0.680. The minimum absolute atomic E-state index is 0.680. The maximum absolute atomic E-state index is 5.73. The lowest BCUT2D eigenvalue weighted by Gasteiger charge is -2.24. The molecule has 1 aromatic rings. The zero-order valence-corrected chi connectivity index (χ0v) is 18.4. The van der Waals surface area contributed by atoms with E-state index in [1.54, 1.807) is 0 Å². The lowest BCUT2D eigenvalue weighted by atomic mass is 9.95. The van der Waals surface area contributed by atoms with Crippen LogP contribution in [0.2, 0.25) is 0 Å². The SMILES string of the molecule is CC.CC(CCCNC1CCCCC1)CNN(C)c1ccc(N)cc1.CN. The predicted octanol–water partition coefficient (Wildman–Crippen LogP) is 4.15. The van der Waals surface area contributed by atoms with Crippen molar-refractivity contribution in [3.05, 3.63) is 24.3 Å². The second kappa shape index (κ2) is 16.8. The van der Waals surface area contributed by atoms with Crippen molar-refractivity contribution in [2.75, 3.05) is 37.9 Å². The predicted molar refractivity (Wildman–Crippen MR) is 122 cm³/mol. The molecule has 0 saturated heterocycles. The molecule has 6 N–H and O–H groups in total. The lowest BCUT2D eigenvalue weighted by molar-refractivity contribution is 0.363. The fourth-order valence-corrected chi connectivity index (χ4v) is 3.25. The van der Waals surface area contributed by atoms with Gasteiger partial charge in [-0.15, -0.1) is 0 Å². The van der Waals surface area contributed by atoms with Gasteiger partial charge in [-0.2, -0.15) is 0 Å². The number of benzene rings is 1. The van der Waals surface area contributed by atoms with Crippen LogP contribution in [0.3, 0.4) is 0 Å². The van der Waals surface area contributed by atoms with Gasteiger partial charge >= 0.3 is 0 Å². The zero-order valence-electron chi connectivity index (χ0n) is 18.4. The Labute approximate surface area is 168 Å². The van der Waals surface area contributed by atoms with Gasteiger partial charge in [0, 0.05) is 25.3 Å². The Morgan fingerprint density at radius 3 is 2.26 bits per heavy atom. The molecule has 27 heavy (non-hydrogen) atoms. The van der Waals surface area contributed by atoms with Crippen LogP contribution < -0.4 is 27.2 Å². The van der Waals surface area contributed by atoms with Gasteiger partial charge in [0.15, 0.2) is 0 Å². The van der Waals surface area contributed by atoms with Crippen molar-refractivity contribution >= 4 is 11.4 Å². The molecule has 0 bridgehead atoms. The fourth-order valence-electron chi connectivity index (χ4n) is 3.25. The Balaban J connectivity index is 0.00000158. The first-order valence-corrected chi connectivity index (χ1v) is 10.8. The van der Waals surface area contributed by atoms with E-state index in [1.165, 1.54) is 58.5 Å². The van der Waals surface area contributed by atoms with E-state index in [4.69, 9.17) is 5.73 Å². The number of rotatable bonds is 9. The van der Waals surface area contributed by atoms with Gasteiger partial charge in [0.2, 0.25) is 0 Å². The minimum Gasteiger partial charge on any atom is -0.399 e. The summed E-state index contributed by atoms with van der Waals surface area (Å²) in [5, 5.41) is 5.81. The number of hydrazine groups is 1. The molecule has 1 unspecified atom stereocenters. The summed E-state index contributed by atoms with van der Waals surface area (Å²) >= 11 is 0. The Bertz CT molecular complexity index is 429. The van der Waals surface area contributed by atoms with E-state index < -0.39 is 0 Å². The summed E-state index contributed by atoms with van der Waals surface area (Å²) in [6, 6.07) is 8.75. The van der Waals surface area contributed by atoms with E-state index in [9.17, 15) is 0 Å². The number of nitrogens with two attached hydrogens (primary N) is 2. The molecule has 0 amide bonds. The Morgan fingerprint density at radius 1 is 1.07 bits per heavy atom. The van der Waals surface area contributed by atoms with E-state index in [0.717, 1.165) is 24.0 Å². The van der Waals surface area contributed by atoms with Crippen LogP contribution in [-0.4, -0.2) is 33.2 Å². The molecule has 1 atom stereocenters. The molecule has 0 heterocycles. The number of nitrogens with zero attached hydrogens (tertiary/aromatic N) is 1. The van der Waals surface area contributed by atoms with Crippen LogP contribution in [-0.2, 0) is 0 Å². The second-order valence-electron chi connectivity index (χ2n) is 7.05. The summed E-state index contributed by atoms with van der Waals surface area (Å²) in [7, 11) is 3.56. The van der Waals surface area contributed by atoms with Gasteiger partial charge in [0.05, 0.1) is 5.69 Å². The van der Waals surface area contributed by atoms with Gasteiger partial charge in [-0.1, -0.05) is 40.0 Å². The fraction of sp³-hybridized carbons (Fsp3) is 0.727. The van der Waals surface area contributed by atoms with Crippen molar-refractivity contribution in [1.82, 2.24) is 10.7 Å². The van der Waals surface area contributed by atoms with Gasteiger partial charge in [-0.3, -0.25) is 0 Å². The van der Waals surface area contributed by atoms with Crippen LogP contribution in [0.25, 0.3) is 0 Å². The highest BCUT2D eigenvalue weighted by Crippen LogP contribution is 2.17. The zero-order chi connectivity index (χ0) is 20.5. The lowest BCUT2D eigenvalue weighted by Crippen LogP contribution is -2.37. The standard InChI is InChI=1S/C19H34N4.C2H6.CH5N/c1-16(7-6-14-21-18-8-4-3-5-9-18)15-22-23(2)19-12-10-17(20)11-13-19;2*1-2/h10-13,16,18,21-22H,3-9,14-15,20H2,1-2H3;1-2H3;2H2,1H3. The molecular weight excluding hydrogens is 334 g/mol. The van der Waals surface area contributed by atoms with E-state index in [1.807, 2.05) is 38.1 Å². The molecule has 0 aromatic heterocycles. The van der Waals surface area contributed by atoms with Crippen LogP contribution in [0.15, 0.2) is 24.3 Å². The van der Waals surface area contributed by atoms with Crippen LogP contribution in [0.4, 0.5) is 11.4 Å².